The van der Waals surface area contributed by atoms with Crippen molar-refractivity contribution >= 4 is 11.1 Å². The summed E-state index contributed by atoms with van der Waals surface area (Å²) in [5, 5.41) is 0. The van der Waals surface area contributed by atoms with Crippen molar-refractivity contribution in [1.82, 2.24) is 4.31 Å². The fourth-order valence-corrected chi connectivity index (χ4v) is 5.07. The van der Waals surface area contributed by atoms with E-state index in [0.29, 0.717) is 0 Å². The molecule has 4 rings (SSSR count). The minimum Gasteiger partial charge on any atom is -0.447 e. The molecule has 3 aromatic rings. The van der Waals surface area contributed by atoms with Crippen molar-refractivity contribution in [3.05, 3.63) is 84.4 Å². The van der Waals surface area contributed by atoms with Gasteiger partial charge in [-0.3, -0.25) is 0 Å². The Kier molecular flexibility index (Phi) is 3.82. The molecule has 1 aliphatic heterocycles. The molecule has 0 aromatic heterocycles. The van der Waals surface area contributed by atoms with Gasteiger partial charge in [-0.25, -0.2) is 0 Å². The van der Waals surface area contributed by atoms with Crippen molar-refractivity contribution < 1.29 is 4.74 Å². The van der Waals surface area contributed by atoms with Crippen LogP contribution in [-0.2, 0) is 17.6 Å². The molecule has 2 nitrogen and oxygen atoms in total. The number of rotatable bonds is 3. The van der Waals surface area contributed by atoms with Crippen LogP contribution in [-0.4, -0.2) is 11.4 Å². The summed E-state index contributed by atoms with van der Waals surface area (Å²) >= 11 is -0.131. The number of para-hydroxylation sites is 2. The zero-order valence-corrected chi connectivity index (χ0v) is 13.8. The average molecular weight is 320 g/mol. The summed E-state index contributed by atoms with van der Waals surface area (Å²) in [6, 6.07) is 27.3. The van der Waals surface area contributed by atoms with Crippen LogP contribution in [0.1, 0.15) is 5.56 Å². The van der Waals surface area contributed by atoms with E-state index in [1.807, 2.05) is 12.1 Å². The molecule has 0 N–H and O–H groups in total. The number of benzene rings is 3. The minimum absolute atomic E-state index is 0.131. The smallest absolute Gasteiger partial charge is 0.224 e. The third-order valence-electron chi connectivity index (χ3n) is 3.89. The lowest BCUT2D eigenvalue weighted by molar-refractivity contribution is 0.444. The molecule has 0 saturated carbocycles. The first-order chi connectivity index (χ1) is 11.3. The minimum atomic E-state index is -0.131. The molecule has 0 bridgehead atoms. The van der Waals surface area contributed by atoms with Crippen LogP contribution in [0.25, 0.3) is 0 Å². The van der Waals surface area contributed by atoms with E-state index in [2.05, 4.69) is 78.1 Å². The molecule has 0 radical (unpaired) electrons. The Morgan fingerprint density at radius 1 is 0.739 bits per heavy atom. The molecule has 0 atom stereocenters. The van der Waals surface area contributed by atoms with E-state index in [4.69, 9.17) is 4.74 Å². The van der Waals surface area contributed by atoms with E-state index in [1.54, 1.807) is 0 Å². The Bertz CT molecular complexity index is 773. The molecule has 3 heteroatoms. The number of nitrogens with zero attached hydrogens (tertiary/aromatic N) is 1. The zero-order chi connectivity index (χ0) is 15.6. The van der Waals surface area contributed by atoms with Crippen LogP contribution in [0, 0.1) is 0 Å². The molecule has 0 saturated heterocycles. The van der Waals surface area contributed by atoms with Crippen molar-refractivity contribution in [1.29, 1.82) is 0 Å². The van der Waals surface area contributed by atoms with Crippen LogP contribution in [0.2, 0.25) is 0 Å². The molecule has 0 fully saturated rings. The lowest BCUT2D eigenvalue weighted by atomic mass is 10.2. The van der Waals surface area contributed by atoms with E-state index in [9.17, 15) is 0 Å². The van der Waals surface area contributed by atoms with Gasteiger partial charge in [0.2, 0.25) is 9.79 Å². The third kappa shape index (κ3) is 2.74. The molecule has 1 aliphatic rings. The fourth-order valence-electron chi connectivity index (χ4n) is 2.87. The van der Waals surface area contributed by atoms with E-state index in [0.717, 1.165) is 18.0 Å². The normalized spacial score (nSPS) is 13.3. The zero-order valence-electron chi connectivity index (χ0n) is 13.0. The van der Waals surface area contributed by atoms with Crippen LogP contribution in [0.5, 0.6) is 11.5 Å². The van der Waals surface area contributed by atoms with Crippen LogP contribution in [0.3, 0.4) is 0 Å². The van der Waals surface area contributed by atoms with Crippen molar-refractivity contribution in [2.24, 2.45) is 0 Å². The average Bonchev–Trinajstić information content (AvgIpc) is 2.60. The van der Waals surface area contributed by atoms with Gasteiger partial charge in [-0.2, -0.15) is 0 Å². The summed E-state index contributed by atoms with van der Waals surface area (Å²) < 4.78 is 8.50. The van der Waals surface area contributed by atoms with Crippen molar-refractivity contribution in [3.63, 3.8) is 0 Å². The lowest BCUT2D eigenvalue weighted by Gasteiger charge is -2.24. The molecule has 0 amide bonds. The Hall–Kier alpha value is -2.23. The van der Waals surface area contributed by atoms with Crippen LogP contribution in [0.15, 0.2) is 88.7 Å². The summed E-state index contributed by atoms with van der Waals surface area (Å²) in [4.78, 5) is 2.51. The fraction of sp³-hybridized carbons (Fsp3) is 0.100. The molecule has 23 heavy (non-hydrogen) atoms. The van der Waals surface area contributed by atoms with E-state index in [1.165, 1.54) is 15.4 Å². The molecule has 0 aliphatic carbocycles. The quantitative estimate of drug-likeness (QED) is 0.638. The van der Waals surface area contributed by atoms with Gasteiger partial charge in [0, 0.05) is 7.05 Å². The Morgan fingerprint density at radius 2 is 1.26 bits per heavy atom. The van der Waals surface area contributed by atoms with Crippen molar-refractivity contribution in [3.8, 4) is 11.5 Å². The Balaban J connectivity index is 1.75. The molecule has 1 heterocycles. The molecule has 3 aromatic carbocycles. The van der Waals surface area contributed by atoms with E-state index >= 15 is 0 Å². The molecular weight excluding hydrogens is 302 g/mol. The highest BCUT2D eigenvalue weighted by Gasteiger charge is 2.41. The maximum absolute atomic E-state index is 6.09. The van der Waals surface area contributed by atoms with Gasteiger partial charge in [0.05, 0.1) is 6.54 Å². The van der Waals surface area contributed by atoms with Crippen LogP contribution in [0.4, 0.5) is 0 Å². The number of fused-ring (bicyclic) bond motifs is 2. The first-order valence-electron chi connectivity index (χ1n) is 7.68. The Morgan fingerprint density at radius 3 is 1.87 bits per heavy atom. The predicted octanol–water partition coefficient (Wildman–Crippen LogP) is 4.88. The number of hydrogen-bond acceptors (Lipinski definition) is 2. The van der Waals surface area contributed by atoms with Gasteiger partial charge < -0.3 is 4.74 Å². The van der Waals surface area contributed by atoms with E-state index in [-0.39, 0.29) is 11.1 Å². The van der Waals surface area contributed by atoms with Gasteiger partial charge >= 0.3 is 0 Å². The Labute approximate surface area is 139 Å². The maximum Gasteiger partial charge on any atom is 0.224 e. The second kappa shape index (κ2) is 6.11. The second-order valence-corrected chi connectivity index (χ2v) is 7.62. The van der Waals surface area contributed by atoms with Crippen LogP contribution >= 0.6 is 0 Å². The number of hydrogen-bond donors (Lipinski definition) is 0. The first kappa shape index (κ1) is 14.4. The monoisotopic (exact) mass is 320 g/mol. The highest BCUT2D eigenvalue weighted by atomic mass is 32.2. The highest BCUT2D eigenvalue weighted by Crippen LogP contribution is 2.44. The SMILES string of the molecule is CN(Cc1ccccc1)[S+]1c2ccccc2Oc2ccccc21. The summed E-state index contributed by atoms with van der Waals surface area (Å²) in [6.45, 7) is 0.909. The molecular formula is C20H18NOS+. The summed E-state index contributed by atoms with van der Waals surface area (Å²) in [5.41, 5.74) is 1.32. The predicted molar refractivity (Wildman–Crippen MR) is 94.8 cm³/mol. The van der Waals surface area contributed by atoms with E-state index < -0.39 is 0 Å². The van der Waals surface area contributed by atoms with Gasteiger partial charge in [0.1, 0.15) is 0 Å². The summed E-state index contributed by atoms with van der Waals surface area (Å²) in [6.07, 6.45) is 0. The summed E-state index contributed by atoms with van der Waals surface area (Å²) in [7, 11) is 2.19. The standard InChI is InChI=1S/C20H18NOS/c1-21(15-16-9-3-2-4-10-16)23-19-13-7-5-11-17(19)22-18-12-6-8-14-20(18)23/h2-14H,15H2,1H3/q+1. The largest absolute Gasteiger partial charge is 0.447 e. The van der Waals surface area contributed by atoms with Crippen molar-refractivity contribution in [2.75, 3.05) is 7.05 Å². The third-order valence-corrected chi connectivity index (χ3v) is 6.15. The molecule has 0 spiro atoms. The maximum atomic E-state index is 6.09. The van der Waals surface area contributed by atoms with Gasteiger partial charge in [-0.05, 0) is 29.8 Å². The van der Waals surface area contributed by atoms with Gasteiger partial charge in [0.15, 0.2) is 22.6 Å². The van der Waals surface area contributed by atoms with Gasteiger partial charge in [-0.15, -0.1) is 4.31 Å². The van der Waals surface area contributed by atoms with Crippen molar-refractivity contribution in [2.45, 2.75) is 16.3 Å². The number of ether oxygens (including phenoxy) is 1. The molecule has 0 unspecified atom stereocenters. The second-order valence-electron chi connectivity index (χ2n) is 5.55. The van der Waals surface area contributed by atoms with Crippen LogP contribution < -0.4 is 4.74 Å². The highest BCUT2D eigenvalue weighted by molar-refractivity contribution is 7.95. The van der Waals surface area contributed by atoms with Gasteiger partial charge in [0.25, 0.3) is 0 Å². The molecule has 114 valence electrons. The van der Waals surface area contributed by atoms with Gasteiger partial charge in [-0.1, -0.05) is 54.6 Å². The lowest BCUT2D eigenvalue weighted by Crippen LogP contribution is -2.29. The first-order valence-corrected chi connectivity index (χ1v) is 8.86. The summed E-state index contributed by atoms with van der Waals surface area (Å²) in [5.74, 6) is 1.93. The topological polar surface area (TPSA) is 12.5 Å².